The molecular formula is C17H21N3O3. The van der Waals surface area contributed by atoms with E-state index < -0.39 is 11.1 Å². The first kappa shape index (κ1) is 16.7. The van der Waals surface area contributed by atoms with Crippen LogP contribution in [0.2, 0.25) is 0 Å². The molecule has 0 spiro atoms. The first-order valence-electron chi connectivity index (χ1n) is 7.31. The number of amides is 1. The van der Waals surface area contributed by atoms with Gasteiger partial charge in [0.1, 0.15) is 0 Å². The average molecular weight is 315 g/mol. The molecule has 0 aliphatic carbocycles. The van der Waals surface area contributed by atoms with Gasteiger partial charge in [0.25, 0.3) is 5.56 Å². The van der Waals surface area contributed by atoms with Gasteiger partial charge < -0.3 is 5.32 Å². The maximum atomic E-state index is 12.2. The van der Waals surface area contributed by atoms with Gasteiger partial charge in [0.05, 0.1) is 11.4 Å². The van der Waals surface area contributed by atoms with Crippen molar-refractivity contribution in [1.29, 1.82) is 0 Å². The second kappa shape index (κ2) is 5.87. The largest absolute Gasteiger partial charge is 0.330 e. The monoisotopic (exact) mass is 315 g/mol. The summed E-state index contributed by atoms with van der Waals surface area (Å²) in [5.41, 5.74) is 0.303. The maximum absolute atomic E-state index is 12.2. The minimum Gasteiger partial charge on any atom is -0.325 e. The molecule has 122 valence electrons. The number of aromatic nitrogens is 2. The van der Waals surface area contributed by atoms with Crippen molar-refractivity contribution in [2.75, 3.05) is 5.32 Å². The van der Waals surface area contributed by atoms with Gasteiger partial charge in [0.2, 0.25) is 5.91 Å². The highest BCUT2D eigenvalue weighted by atomic mass is 16.2. The van der Waals surface area contributed by atoms with Crippen molar-refractivity contribution in [1.82, 2.24) is 9.13 Å². The van der Waals surface area contributed by atoms with Crippen LogP contribution in [0.15, 0.2) is 39.9 Å². The SMILES string of the molecule is Cn1c(-c2ccccc2NC(=O)C(C)(C)C)cc(=O)n(C)c1=O. The van der Waals surface area contributed by atoms with E-state index in [2.05, 4.69) is 5.32 Å². The molecule has 0 atom stereocenters. The van der Waals surface area contributed by atoms with Crippen LogP contribution in [0.3, 0.4) is 0 Å². The van der Waals surface area contributed by atoms with Gasteiger partial charge in [-0.1, -0.05) is 39.0 Å². The van der Waals surface area contributed by atoms with Crippen LogP contribution >= 0.6 is 0 Å². The normalized spacial score (nSPS) is 11.3. The number of rotatable bonds is 2. The number of para-hydroxylation sites is 1. The summed E-state index contributed by atoms with van der Waals surface area (Å²) in [4.78, 5) is 36.3. The van der Waals surface area contributed by atoms with Crippen LogP contribution in [0.1, 0.15) is 20.8 Å². The minimum absolute atomic E-state index is 0.140. The van der Waals surface area contributed by atoms with Crippen molar-refractivity contribution in [3.63, 3.8) is 0 Å². The fraction of sp³-hybridized carbons (Fsp3) is 0.353. The summed E-state index contributed by atoms with van der Waals surface area (Å²) >= 11 is 0. The first-order chi connectivity index (χ1) is 10.6. The van der Waals surface area contributed by atoms with Crippen molar-refractivity contribution in [2.45, 2.75) is 20.8 Å². The molecule has 0 bridgehead atoms. The molecule has 0 fully saturated rings. The van der Waals surface area contributed by atoms with Crippen LogP contribution in [0.25, 0.3) is 11.3 Å². The number of anilines is 1. The molecule has 1 aromatic heterocycles. The van der Waals surface area contributed by atoms with Crippen LogP contribution in [-0.4, -0.2) is 15.0 Å². The highest BCUT2D eigenvalue weighted by Gasteiger charge is 2.22. The maximum Gasteiger partial charge on any atom is 0.330 e. The molecule has 1 heterocycles. The van der Waals surface area contributed by atoms with E-state index in [0.29, 0.717) is 16.9 Å². The Bertz CT molecular complexity index is 870. The Kier molecular flexibility index (Phi) is 4.27. The molecule has 0 saturated heterocycles. The Labute approximate surface area is 134 Å². The smallest absolute Gasteiger partial charge is 0.325 e. The van der Waals surface area contributed by atoms with Crippen molar-refractivity contribution >= 4 is 11.6 Å². The highest BCUT2D eigenvalue weighted by molar-refractivity contribution is 5.97. The predicted molar refractivity (Wildman–Crippen MR) is 90.4 cm³/mol. The molecule has 0 saturated carbocycles. The lowest BCUT2D eigenvalue weighted by Gasteiger charge is -2.20. The van der Waals surface area contributed by atoms with E-state index in [-0.39, 0.29) is 11.5 Å². The number of nitrogens with zero attached hydrogens (tertiary/aromatic N) is 2. The summed E-state index contributed by atoms with van der Waals surface area (Å²) in [6.45, 7) is 5.46. The average Bonchev–Trinajstić information content (AvgIpc) is 2.48. The van der Waals surface area contributed by atoms with Crippen molar-refractivity contribution in [3.8, 4) is 11.3 Å². The fourth-order valence-electron chi connectivity index (χ4n) is 2.12. The van der Waals surface area contributed by atoms with Crippen molar-refractivity contribution in [2.24, 2.45) is 19.5 Å². The summed E-state index contributed by atoms with van der Waals surface area (Å²) in [6, 6.07) is 8.50. The number of carbonyl (C=O) groups is 1. The Morgan fingerprint density at radius 1 is 1.04 bits per heavy atom. The summed E-state index contributed by atoms with van der Waals surface area (Å²) in [6.07, 6.45) is 0. The molecule has 2 aromatic rings. The molecular weight excluding hydrogens is 294 g/mol. The van der Waals surface area contributed by atoms with Crippen LogP contribution < -0.4 is 16.6 Å². The number of hydrogen-bond acceptors (Lipinski definition) is 3. The standard InChI is InChI=1S/C17H21N3O3/c1-17(2,3)15(22)18-12-9-7-6-8-11(12)13-10-14(21)20(5)16(23)19(13)4/h6-10H,1-5H3,(H,18,22). The second-order valence-corrected chi connectivity index (χ2v) is 6.52. The van der Waals surface area contributed by atoms with E-state index in [1.165, 1.54) is 17.7 Å². The van der Waals surface area contributed by atoms with Gasteiger partial charge >= 0.3 is 5.69 Å². The second-order valence-electron chi connectivity index (χ2n) is 6.52. The van der Waals surface area contributed by atoms with Crippen molar-refractivity contribution < 1.29 is 4.79 Å². The minimum atomic E-state index is -0.550. The van der Waals surface area contributed by atoms with Gasteiger partial charge in [0, 0.05) is 31.1 Å². The molecule has 0 radical (unpaired) electrons. The third-order valence-electron chi connectivity index (χ3n) is 3.66. The number of carbonyl (C=O) groups excluding carboxylic acids is 1. The predicted octanol–water partition coefficient (Wildman–Crippen LogP) is 1.74. The van der Waals surface area contributed by atoms with Crippen LogP contribution in [0.4, 0.5) is 5.69 Å². The Hall–Kier alpha value is -2.63. The van der Waals surface area contributed by atoms with E-state index in [0.717, 1.165) is 4.57 Å². The number of benzene rings is 1. The topological polar surface area (TPSA) is 73.1 Å². The lowest BCUT2D eigenvalue weighted by molar-refractivity contribution is -0.123. The van der Waals surface area contributed by atoms with E-state index in [4.69, 9.17) is 0 Å². The zero-order valence-corrected chi connectivity index (χ0v) is 14.0. The molecule has 1 amide bonds. The summed E-state index contributed by atoms with van der Waals surface area (Å²) in [5.74, 6) is -0.140. The fourth-order valence-corrected chi connectivity index (χ4v) is 2.12. The molecule has 6 heteroatoms. The molecule has 0 aliphatic rings. The molecule has 23 heavy (non-hydrogen) atoms. The van der Waals surface area contributed by atoms with Gasteiger partial charge in [-0.05, 0) is 6.07 Å². The molecule has 0 unspecified atom stereocenters. The Morgan fingerprint density at radius 3 is 2.26 bits per heavy atom. The molecule has 2 rings (SSSR count). The van der Waals surface area contributed by atoms with E-state index >= 15 is 0 Å². The number of hydrogen-bond donors (Lipinski definition) is 1. The van der Waals surface area contributed by atoms with Gasteiger partial charge in [-0.2, -0.15) is 0 Å². The van der Waals surface area contributed by atoms with Crippen molar-refractivity contribution in [3.05, 3.63) is 51.2 Å². The lowest BCUT2D eigenvalue weighted by atomic mass is 9.95. The quantitative estimate of drug-likeness (QED) is 0.917. The summed E-state index contributed by atoms with van der Waals surface area (Å²) in [5, 5.41) is 2.87. The molecule has 6 nitrogen and oxygen atoms in total. The zero-order valence-electron chi connectivity index (χ0n) is 14.0. The summed E-state index contributed by atoms with van der Waals surface area (Å²) in [7, 11) is 3.03. The molecule has 0 aliphatic heterocycles. The third-order valence-corrected chi connectivity index (χ3v) is 3.66. The zero-order chi connectivity index (χ0) is 17.4. The van der Waals surface area contributed by atoms with Gasteiger partial charge in [0.15, 0.2) is 0 Å². The van der Waals surface area contributed by atoms with Gasteiger partial charge in [-0.15, -0.1) is 0 Å². The van der Waals surface area contributed by atoms with E-state index in [1.807, 2.05) is 20.8 Å². The lowest BCUT2D eigenvalue weighted by Crippen LogP contribution is -2.37. The Balaban J connectivity index is 2.61. The van der Waals surface area contributed by atoms with Gasteiger partial charge in [-0.25, -0.2) is 4.79 Å². The summed E-state index contributed by atoms with van der Waals surface area (Å²) < 4.78 is 2.43. The third kappa shape index (κ3) is 3.26. The van der Waals surface area contributed by atoms with Gasteiger partial charge in [-0.3, -0.25) is 18.7 Å². The van der Waals surface area contributed by atoms with E-state index in [9.17, 15) is 14.4 Å². The van der Waals surface area contributed by atoms with Crippen LogP contribution in [-0.2, 0) is 18.9 Å². The molecule has 1 aromatic carbocycles. The highest BCUT2D eigenvalue weighted by Crippen LogP contribution is 2.27. The Morgan fingerprint density at radius 2 is 1.65 bits per heavy atom. The van der Waals surface area contributed by atoms with E-state index in [1.54, 1.807) is 31.3 Å². The van der Waals surface area contributed by atoms with Crippen LogP contribution in [0.5, 0.6) is 0 Å². The van der Waals surface area contributed by atoms with Crippen LogP contribution in [0, 0.1) is 5.41 Å². The first-order valence-corrected chi connectivity index (χ1v) is 7.31. The number of nitrogens with one attached hydrogen (secondary N) is 1. The molecule has 1 N–H and O–H groups in total.